The minimum atomic E-state index is -1.33. The number of nitro benzene ring substituents is 1. The maximum absolute atomic E-state index is 11.2. The SMILES string of the molecule is CC(C)(C)c1cc(/C=C/[Si](C)(C)C)c(N)cc1[N+](=O)[O-]. The van der Waals surface area contributed by atoms with E-state index < -0.39 is 8.07 Å². The van der Waals surface area contributed by atoms with E-state index in [0.717, 1.165) is 5.56 Å². The molecule has 0 spiro atoms. The molecule has 0 aliphatic rings. The van der Waals surface area contributed by atoms with Crippen molar-refractivity contribution < 1.29 is 4.92 Å². The number of nitrogens with zero attached hydrogens (tertiary/aromatic N) is 1. The van der Waals surface area contributed by atoms with Crippen LogP contribution in [0.2, 0.25) is 19.6 Å². The van der Waals surface area contributed by atoms with Gasteiger partial charge >= 0.3 is 0 Å². The highest BCUT2D eigenvalue weighted by Crippen LogP contribution is 2.35. The molecule has 0 heterocycles. The van der Waals surface area contributed by atoms with E-state index >= 15 is 0 Å². The summed E-state index contributed by atoms with van der Waals surface area (Å²) in [7, 11) is -1.33. The van der Waals surface area contributed by atoms with Crippen LogP contribution in [-0.2, 0) is 5.41 Å². The molecule has 0 amide bonds. The fourth-order valence-electron chi connectivity index (χ4n) is 1.86. The van der Waals surface area contributed by atoms with Gasteiger partial charge in [-0.05, 0) is 17.0 Å². The van der Waals surface area contributed by atoms with E-state index in [1.54, 1.807) is 0 Å². The second kappa shape index (κ2) is 5.40. The van der Waals surface area contributed by atoms with Gasteiger partial charge < -0.3 is 5.73 Å². The summed E-state index contributed by atoms with van der Waals surface area (Å²) in [4.78, 5) is 10.8. The largest absolute Gasteiger partial charge is 0.398 e. The highest BCUT2D eigenvalue weighted by molar-refractivity contribution is 6.81. The highest BCUT2D eigenvalue weighted by atomic mass is 28.3. The van der Waals surface area contributed by atoms with E-state index in [2.05, 4.69) is 25.3 Å². The first-order chi connectivity index (χ1) is 8.92. The van der Waals surface area contributed by atoms with Crippen molar-refractivity contribution in [2.45, 2.75) is 45.8 Å². The Hall–Kier alpha value is -1.62. The van der Waals surface area contributed by atoms with Gasteiger partial charge in [0.05, 0.1) is 13.0 Å². The summed E-state index contributed by atoms with van der Waals surface area (Å²) in [5.41, 5.74) is 9.99. The molecule has 0 aliphatic carbocycles. The van der Waals surface area contributed by atoms with Crippen molar-refractivity contribution in [2.24, 2.45) is 0 Å². The van der Waals surface area contributed by atoms with Gasteiger partial charge in [0.2, 0.25) is 0 Å². The molecule has 0 saturated heterocycles. The first kappa shape index (κ1) is 16.4. The molecular formula is C15H24N2O2Si. The minimum Gasteiger partial charge on any atom is -0.398 e. The van der Waals surface area contributed by atoms with Crippen LogP contribution in [-0.4, -0.2) is 13.0 Å². The predicted molar refractivity (Wildman–Crippen MR) is 88.6 cm³/mol. The van der Waals surface area contributed by atoms with Crippen molar-refractivity contribution in [2.75, 3.05) is 5.73 Å². The van der Waals surface area contributed by atoms with Crippen molar-refractivity contribution in [1.29, 1.82) is 0 Å². The number of anilines is 1. The Kier molecular flexibility index (Phi) is 4.44. The van der Waals surface area contributed by atoms with Crippen LogP contribution < -0.4 is 5.73 Å². The third kappa shape index (κ3) is 4.20. The maximum Gasteiger partial charge on any atom is 0.275 e. The number of benzene rings is 1. The van der Waals surface area contributed by atoms with E-state index in [4.69, 9.17) is 5.73 Å². The van der Waals surface area contributed by atoms with Crippen LogP contribution in [0.25, 0.3) is 6.08 Å². The number of nitro groups is 1. The van der Waals surface area contributed by atoms with Crippen molar-refractivity contribution >= 4 is 25.5 Å². The van der Waals surface area contributed by atoms with Crippen LogP contribution >= 0.6 is 0 Å². The second-order valence-electron chi connectivity index (χ2n) is 7.20. The number of hydrogen-bond acceptors (Lipinski definition) is 3. The molecule has 110 valence electrons. The van der Waals surface area contributed by atoms with Crippen molar-refractivity contribution in [1.82, 2.24) is 0 Å². The molecular weight excluding hydrogens is 268 g/mol. The lowest BCUT2D eigenvalue weighted by Crippen LogP contribution is -2.16. The Morgan fingerprint density at radius 1 is 1.25 bits per heavy atom. The molecule has 1 aromatic carbocycles. The average Bonchev–Trinajstić information content (AvgIpc) is 2.23. The van der Waals surface area contributed by atoms with Gasteiger partial charge in [0.15, 0.2) is 0 Å². The second-order valence-corrected chi connectivity index (χ2v) is 12.3. The molecule has 0 atom stereocenters. The number of nitrogens with two attached hydrogens (primary N) is 1. The normalized spacial score (nSPS) is 12.9. The lowest BCUT2D eigenvalue weighted by atomic mass is 9.84. The van der Waals surface area contributed by atoms with Crippen LogP contribution in [0.15, 0.2) is 17.8 Å². The molecule has 4 nitrogen and oxygen atoms in total. The summed E-state index contributed by atoms with van der Waals surface area (Å²) >= 11 is 0. The maximum atomic E-state index is 11.2. The number of hydrogen-bond donors (Lipinski definition) is 1. The van der Waals surface area contributed by atoms with E-state index in [-0.39, 0.29) is 16.0 Å². The molecule has 0 bridgehead atoms. The van der Waals surface area contributed by atoms with Crippen LogP contribution in [0.5, 0.6) is 0 Å². The van der Waals surface area contributed by atoms with Crippen molar-refractivity contribution in [3.05, 3.63) is 39.1 Å². The Labute approximate surface area is 121 Å². The lowest BCUT2D eigenvalue weighted by Gasteiger charge is -2.20. The van der Waals surface area contributed by atoms with Gasteiger partial charge in [-0.25, -0.2) is 0 Å². The van der Waals surface area contributed by atoms with Gasteiger partial charge in [-0.2, -0.15) is 0 Å². The van der Waals surface area contributed by atoms with E-state index in [9.17, 15) is 10.1 Å². The van der Waals surface area contributed by atoms with Gasteiger partial charge in [0.25, 0.3) is 5.69 Å². The molecule has 20 heavy (non-hydrogen) atoms. The molecule has 2 N–H and O–H groups in total. The zero-order valence-corrected chi connectivity index (χ0v) is 14.2. The molecule has 0 aliphatic heterocycles. The third-order valence-corrected chi connectivity index (χ3v) is 4.14. The summed E-state index contributed by atoms with van der Waals surface area (Å²) in [6.45, 7) is 12.6. The zero-order valence-electron chi connectivity index (χ0n) is 13.2. The Balaban J connectivity index is 3.44. The zero-order chi connectivity index (χ0) is 15.7. The first-order valence-corrected chi connectivity index (χ1v) is 10.3. The fourth-order valence-corrected chi connectivity index (χ4v) is 2.54. The van der Waals surface area contributed by atoms with Gasteiger partial charge in [0.1, 0.15) is 0 Å². The van der Waals surface area contributed by atoms with Gasteiger partial charge in [0, 0.05) is 17.3 Å². The Morgan fingerprint density at radius 2 is 1.80 bits per heavy atom. The molecule has 0 unspecified atom stereocenters. The highest BCUT2D eigenvalue weighted by Gasteiger charge is 2.26. The molecule has 1 aromatic rings. The van der Waals surface area contributed by atoms with Crippen LogP contribution in [0.4, 0.5) is 11.4 Å². The average molecular weight is 292 g/mol. The molecule has 0 fully saturated rings. The third-order valence-electron chi connectivity index (χ3n) is 2.97. The molecule has 1 rings (SSSR count). The van der Waals surface area contributed by atoms with Crippen molar-refractivity contribution in [3.63, 3.8) is 0 Å². The number of rotatable bonds is 3. The Morgan fingerprint density at radius 3 is 2.20 bits per heavy atom. The van der Waals surface area contributed by atoms with E-state index in [0.29, 0.717) is 11.3 Å². The van der Waals surface area contributed by atoms with Crippen LogP contribution in [0.3, 0.4) is 0 Å². The topological polar surface area (TPSA) is 69.2 Å². The standard InChI is InChI=1S/C15H24N2O2Si/c1-15(2,3)12-9-11(7-8-20(4,5)6)13(16)10-14(12)17(18)19/h7-10H,16H2,1-6H3/b8-7+. The molecule has 5 heteroatoms. The lowest BCUT2D eigenvalue weighted by molar-refractivity contribution is -0.385. The summed E-state index contributed by atoms with van der Waals surface area (Å²) in [6.07, 6.45) is 2.00. The summed E-state index contributed by atoms with van der Waals surface area (Å²) in [5.74, 6) is 0. The summed E-state index contributed by atoms with van der Waals surface area (Å²) in [5, 5.41) is 11.2. The molecule has 0 radical (unpaired) electrons. The smallest absolute Gasteiger partial charge is 0.275 e. The monoisotopic (exact) mass is 292 g/mol. The van der Waals surface area contributed by atoms with Gasteiger partial charge in [-0.1, -0.05) is 52.2 Å². The summed E-state index contributed by atoms with van der Waals surface area (Å²) < 4.78 is 0. The van der Waals surface area contributed by atoms with Crippen molar-refractivity contribution in [3.8, 4) is 0 Å². The quantitative estimate of drug-likeness (QED) is 0.389. The minimum absolute atomic E-state index is 0.0974. The first-order valence-electron chi connectivity index (χ1n) is 6.69. The van der Waals surface area contributed by atoms with Crippen LogP contribution in [0.1, 0.15) is 31.9 Å². The van der Waals surface area contributed by atoms with Crippen LogP contribution in [0, 0.1) is 10.1 Å². The number of nitrogen functional groups attached to an aromatic ring is 1. The van der Waals surface area contributed by atoms with Gasteiger partial charge in [-0.15, -0.1) is 0 Å². The van der Waals surface area contributed by atoms with E-state index in [1.165, 1.54) is 6.07 Å². The molecule has 0 saturated carbocycles. The predicted octanol–water partition coefficient (Wildman–Crippen LogP) is 4.37. The molecule has 0 aromatic heterocycles. The Bertz CT molecular complexity index is 552. The van der Waals surface area contributed by atoms with E-state index in [1.807, 2.05) is 32.9 Å². The summed E-state index contributed by atoms with van der Waals surface area (Å²) in [6, 6.07) is 3.33. The van der Waals surface area contributed by atoms with Gasteiger partial charge in [-0.3, -0.25) is 10.1 Å². The fraction of sp³-hybridized carbons (Fsp3) is 0.467.